The highest BCUT2D eigenvalue weighted by Crippen LogP contribution is 2.41. The van der Waals surface area contributed by atoms with Crippen LogP contribution in [0.3, 0.4) is 0 Å². The maximum atomic E-state index is 15.1. The maximum absolute atomic E-state index is 15.1. The average molecular weight is 598 g/mol. The first-order valence-electron chi connectivity index (χ1n) is 13.1. The molecule has 1 N–H and O–H groups in total. The van der Waals surface area contributed by atoms with E-state index in [1.165, 1.54) is 19.2 Å². The zero-order chi connectivity index (χ0) is 30.9. The van der Waals surface area contributed by atoms with Crippen LogP contribution in [0.25, 0.3) is 22.2 Å². The fraction of sp³-hybridized carbons (Fsp3) is 0.267. The van der Waals surface area contributed by atoms with Crippen LogP contribution in [-0.2, 0) is 23.2 Å². The summed E-state index contributed by atoms with van der Waals surface area (Å²) in [6.07, 6.45) is -3.36. The van der Waals surface area contributed by atoms with Gasteiger partial charge in [0.2, 0.25) is 11.8 Å². The Morgan fingerprint density at radius 2 is 1.74 bits per heavy atom. The second kappa shape index (κ2) is 11.4. The minimum absolute atomic E-state index is 0.0829. The second-order valence-corrected chi connectivity index (χ2v) is 10.3. The predicted octanol–water partition coefficient (Wildman–Crippen LogP) is 6.31. The van der Waals surface area contributed by atoms with Crippen LogP contribution in [0.1, 0.15) is 30.7 Å². The third-order valence-electron chi connectivity index (χ3n) is 7.08. The first kappa shape index (κ1) is 29.5. The predicted molar refractivity (Wildman–Crippen MR) is 149 cm³/mol. The number of fused-ring (bicyclic) bond motifs is 1. The number of nitrogens with zero attached hydrogens (tertiary/aromatic N) is 4. The Labute approximate surface area is 243 Å². The van der Waals surface area contributed by atoms with Gasteiger partial charge in [0, 0.05) is 17.8 Å². The number of hydrogen-bond donors (Lipinski definition) is 1. The normalized spacial score (nSPS) is 12.0. The van der Waals surface area contributed by atoms with Gasteiger partial charge in [-0.3, -0.25) is 4.79 Å². The van der Waals surface area contributed by atoms with Crippen LogP contribution in [0.15, 0.2) is 65.3 Å². The van der Waals surface area contributed by atoms with E-state index in [9.17, 15) is 18.0 Å². The van der Waals surface area contributed by atoms with Crippen LogP contribution in [-0.4, -0.2) is 46.2 Å². The largest absolute Gasteiger partial charge is 0.497 e. The summed E-state index contributed by atoms with van der Waals surface area (Å²) in [6, 6.07) is 14.7. The van der Waals surface area contributed by atoms with Crippen molar-refractivity contribution in [2.45, 2.75) is 38.4 Å². The zero-order valence-corrected chi connectivity index (χ0v) is 23.6. The number of nitrogens with one attached hydrogen (secondary N) is 1. The molecule has 0 spiro atoms. The monoisotopic (exact) mass is 597 g/mol. The molecular formula is C30H27F4N5O4. The Morgan fingerprint density at radius 3 is 2.40 bits per heavy atom. The number of rotatable bonds is 9. The van der Waals surface area contributed by atoms with Crippen LogP contribution in [0.2, 0.25) is 0 Å². The van der Waals surface area contributed by atoms with Crippen LogP contribution >= 0.6 is 0 Å². The second-order valence-electron chi connectivity index (χ2n) is 10.3. The number of pyridine rings is 1. The molecular weight excluding hydrogens is 570 g/mol. The molecule has 1 amide bonds. The molecule has 3 heterocycles. The lowest BCUT2D eigenvalue weighted by atomic mass is 9.89. The van der Waals surface area contributed by atoms with E-state index in [4.69, 9.17) is 14.0 Å². The summed E-state index contributed by atoms with van der Waals surface area (Å²) in [5.41, 5.74) is 0.458. The van der Waals surface area contributed by atoms with Crippen LogP contribution < -0.4 is 14.8 Å². The van der Waals surface area contributed by atoms with Crippen molar-refractivity contribution in [1.82, 2.24) is 19.9 Å². The highest BCUT2D eigenvalue weighted by Gasteiger charge is 2.51. The maximum Gasteiger partial charge on any atom is 0.401 e. The van der Waals surface area contributed by atoms with Gasteiger partial charge in [-0.1, -0.05) is 29.4 Å². The number of aromatic nitrogens is 4. The van der Waals surface area contributed by atoms with E-state index in [0.29, 0.717) is 34.6 Å². The molecule has 0 atom stereocenters. The Balaban J connectivity index is 1.31. The molecule has 13 heteroatoms. The number of carbonyl (C=O) groups is 1. The Morgan fingerprint density at radius 1 is 1.00 bits per heavy atom. The highest BCUT2D eigenvalue weighted by molar-refractivity contribution is 5.91. The molecule has 5 rings (SSSR count). The lowest BCUT2D eigenvalue weighted by molar-refractivity contribution is -0.185. The summed E-state index contributed by atoms with van der Waals surface area (Å²) in [6.45, 7) is 2.32. The zero-order valence-electron chi connectivity index (χ0n) is 23.6. The van der Waals surface area contributed by atoms with Gasteiger partial charge in [-0.25, -0.2) is 14.1 Å². The Bertz CT molecular complexity index is 1780. The van der Waals surface area contributed by atoms with E-state index in [-0.39, 0.29) is 17.8 Å². The minimum Gasteiger partial charge on any atom is -0.497 e. The molecule has 0 fully saturated rings. The van der Waals surface area contributed by atoms with Crippen molar-refractivity contribution in [1.29, 1.82) is 0 Å². The third-order valence-corrected chi connectivity index (χ3v) is 7.08. The van der Waals surface area contributed by atoms with Crippen molar-refractivity contribution < 1.29 is 36.4 Å². The van der Waals surface area contributed by atoms with E-state index in [0.717, 1.165) is 31.2 Å². The summed E-state index contributed by atoms with van der Waals surface area (Å²) in [4.78, 5) is 17.1. The molecule has 0 unspecified atom stereocenters. The molecule has 3 aromatic heterocycles. The van der Waals surface area contributed by atoms with Gasteiger partial charge in [0.1, 0.15) is 17.0 Å². The summed E-state index contributed by atoms with van der Waals surface area (Å²) in [5, 5.41) is 11.0. The third kappa shape index (κ3) is 6.01. The van der Waals surface area contributed by atoms with Crippen molar-refractivity contribution >= 4 is 22.8 Å². The van der Waals surface area contributed by atoms with Crippen LogP contribution in [0, 0.1) is 5.82 Å². The summed E-state index contributed by atoms with van der Waals surface area (Å²) in [5.74, 6) is -0.871. The van der Waals surface area contributed by atoms with E-state index in [1.54, 1.807) is 30.1 Å². The van der Waals surface area contributed by atoms with Gasteiger partial charge in [-0.05, 0) is 54.8 Å². The lowest BCUT2D eigenvalue weighted by Crippen LogP contribution is -2.35. The van der Waals surface area contributed by atoms with E-state index in [1.807, 2.05) is 24.3 Å². The van der Waals surface area contributed by atoms with Crippen molar-refractivity contribution in [2.75, 3.05) is 19.5 Å². The van der Waals surface area contributed by atoms with Crippen LogP contribution in [0.4, 0.5) is 23.4 Å². The molecule has 224 valence electrons. The van der Waals surface area contributed by atoms with Crippen molar-refractivity contribution in [3.05, 3.63) is 83.5 Å². The molecule has 9 nitrogen and oxygen atoms in total. The number of methoxy groups -OCH3 is 2. The van der Waals surface area contributed by atoms with Gasteiger partial charge < -0.3 is 19.3 Å². The van der Waals surface area contributed by atoms with Gasteiger partial charge in [0.05, 0.1) is 32.6 Å². The van der Waals surface area contributed by atoms with Gasteiger partial charge in [-0.2, -0.15) is 13.2 Å². The van der Waals surface area contributed by atoms with Gasteiger partial charge in [-0.15, -0.1) is 5.10 Å². The first-order valence-corrected chi connectivity index (χ1v) is 13.1. The molecule has 0 aliphatic rings. The topological polar surface area (TPSA) is 104 Å². The Hall–Kier alpha value is -4.94. The van der Waals surface area contributed by atoms with E-state index in [2.05, 4.69) is 20.6 Å². The number of benzene rings is 2. The number of alkyl halides is 3. The first-order chi connectivity index (χ1) is 20.4. The summed E-state index contributed by atoms with van der Waals surface area (Å²) >= 11 is 0. The van der Waals surface area contributed by atoms with Crippen LogP contribution in [0.5, 0.6) is 11.6 Å². The molecule has 0 aliphatic heterocycles. The molecule has 43 heavy (non-hydrogen) atoms. The fourth-order valence-corrected chi connectivity index (χ4v) is 4.35. The standard InChI is InChI=1S/C30H27F4N5O4/c1-29(2,30(32,33)34)24-14-25(38-43-24)36-26(40)13-19-8-7-18(12-23(19)31)20-11-22-27(35-15-20)39(37-28(22)42-4)16-17-5-9-21(41-3)10-6-17/h5-12,14-15H,13,16H2,1-4H3,(H,36,38,40). The molecule has 0 radical (unpaired) electrons. The van der Waals surface area contributed by atoms with E-state index >= 15 is 4.39 Å². The Kier molecular flexibility index (Phi) is 7.82. The van der Waals surface area contributed by atoms with Gasteiger partial charge in [0.25, 0.3) is 0 Å². The lowest BCUT2D eigenvalue weighted by Gasteiger charge is -2.24. The SMILES string of the molecule is COc1ccc(Cn2nc(OC)c3cc(-c4ccc(CC(=O)Nc5cc(C(C)(C)C(F)(F)F)on5)c(F)c4)cnc32)cc1. The van der Waals surface area contributed by atoms with Crippen molar-refractivity contribution in [2.24, 2.45) is 0 Å². The molecule has 0 saturated heterocycles. The quantitative estimate of drug-likeness (QED) is 0.199. The molecule has 0 bridgehead atoms. The van der Waals surface area contributed by atoms with Crippen molar-refractivity contribution in [3.63, 3.8) is 0 Å². The number of anilines is 1. The van der Waals surface area contributed by atoms with Gasteiger partial charge in [0.15, 0.2) is 17.2 Å². The molecule has 0 saturated carbocycles. The molecule has 2 aromatic carbocycles. The average Bonchev–Trinajstić information content (AvgIpc) is 3.58. The minimum atomic E-state index is -4.58. The summed E-state index contributed by atoms with van der Waals surface area (Å²) < 4.78 is 72.0. The summed E-state index contributed by atoms with van der Waals surface area (Å²) in [7, 11) is 3.10. The number of hydrogen-bond acceptors (Lipinski definition) is 7. The molecule has 0 aliphatic carbocycles. The van der Waals surface area contributed by atoms with Crippen molar-refractivity contribution in [3.8, 4) is 22.8 Å². The number of amides is 1. The number of carbonyl (C=O) groups excluding carboxylic acids is 1. The van der Waals surface area contributed by atoms with E-state index < -0.39 is 29.1 Å². The molecule has 5 aromatic rings. The number of ether oxygens (including phenoxy) is 2. The highest BCUT2D eigenvalue weighted by atomic mass is 19.4. The smallest absolute Gasteiger partial charge is 0.401 e. The number of halogens is 4. The fourth-order valence-electron chi connectivity index (χ4n) is 4.35. The van der Waals surface area contributed by atoms with Gasteiger partial charge >= 0.3 is 6.18 Å².